The van der Waals surface area contributed by atoms with Crippen LogP contribution in [0.15, 0.2) is 52.9 Å². The molecule has 8 heteroatoms. The van der Waals surface area contributed by atoms with Crippen LogP contribution in [0.4, 0.5) is 5.13 Å². The highest BCUT2D eigenvalue weighted by atomic mass is 32.1. The van der Waals surface area contributed by atoms with E-state index in [1.54, 1.807) is 11.5 Å². The second-order valence-electron chi connectivity index (χ2n) is 4.66. The summed E-state index contributed by atoms with van der Waals surface area (Å²) >= 11 is 1.32. The number of carbonyl (C=O) groups is 1. The molecule has 0 fully saturated rings. The lowest BCUT2D eigenvalue weighted by molar-refractivity contribution is 0.0424. The van der Waals surface area contributed by atoms with Gasteiger partial charge in [-0.2, -0.15) is 4.98 Å². The number of hydrogen-bond acceptors (Lipinski definition) is 8. The molecule has 0 atom stereocenters. The normalized spacial score (nSPS) is 10.3. The van der Waals surface area contributed by atoms with Crippen LogP contribution in [0.2, 0.25) is 0 Å². The average molecular weight is 342 g/mol. The van der Waals surface area contributed by atoms with Crippen LogP contribution < -0.4 is 5.32 Å². The summed E-state index contributed by atoms with van der Waals surface area (Å²) in [6, 6.07) is 9.40. The van der Waals surface area contributed by atoms with Crippen molar-refractivity contribution < 1.29 is 14.1 Å². The maximum atomic E-state index is 12.0. The van der Waals surface area contributed by atoms with Crippen molar-refractivity contribution in [1.82, 2.24) is 15.1 Å². The number of esters is 1. The molecule has 3 rings (SSSR count). The smallest absolute Gasteiger partial charge is 0.358 e. The van der Waals surface area contributed by atoms with E-state index in [0.717, 1.165) is 5.56 Å². The van der Waals surface area contributed by atoms with Gasteiger partial charge in [0.25, 0.3) is 5.89 Å². The van der Waals surface area contributed by atoms with E-state index in [1.807, 2.05) is 30.3 Å². The third kappa shape index (κ3) is 3.85. The third-order valence-electron chi connectivity index (χ3n) is 2.94. The number of benzene rings is 1. The predicted molar refractivity (Wildman–Crippen MR) is 89.7 cm³/mol. The van der Waals surface area contributed by atoms with Gasteiger partial charge in [-0.05, 0) is 0 Å². The molecule has 7 nitrogen and oxygen atoms in total. The lowest BCUT2D eigenvalue weighted by Crippen LogP contribution is -2.06. The van der Waals surface area contributed by atoms with Gasteiger partial charge < -0.3 is 14.6 Å². The van der Waals surface area contributed by atoms with Gasteiger partial charge in [0.1, 0.15) is 0 Å². The number of nitrogens with one attached hydrogen (secondary N) is 1. The van der Waals surface area contributed by atoms with E-state index in [4.69, 9.17) is 9.26 Å². The first kappa shape index (κ1) is 15.9. The summed E-state index contributed by atoms with van der Waals surface area (Å²) < 4.78 is 10.2. The summed E-state index contributed by atoms with van der Waals surface area (Å²) in [5.74, 6) is 0.131. The van der Waals surface area contributed by atoms with Crippen LogP contribution >= 0.6 is 11.3 Å². The summed E-state index contributed by atoms with van der Waals surface area (Å²) in [4.78, 5) is 20.3. The molecular weight excluding hydrogens is 328 g/mol. The highest BCUT2D eigenvalue weighted by molar-refractivity contribution is 7.13. The molecule has 3 aromatic rings. The number of ether oxygens (including phenoxy) is 1. The molecule has 0 unspecified atom stereocenters. The Bertz CT molecular complexity index is 829. The second kappa shape index (κ2) is 7.51. The fraction of sp³-hybridized carbons (Fsp3) is 0.125. The van der Waals surface area contributed by atoms with Crippen LogP contribution in [0.3, 0.4) is 0 Å². The van der Waals surface area contributed by atoms with Crippen molar-refractivity contribution in [2.75, 3.05) is 11.9 Å². The molecule has 0 amide bonds. The molecule has 0 aliphatic carbocycles. The van der Waals surface area contributed by atoms with E-state index in [-0.39, 0.29) is 18.2 Å². The van der Waals surface area contributed by atoms with Gasteiger partial charge in [-0.25, -0.2) is 9.78 Å². The van der Waals surface area contributed by atoms with E-state index in [2.05, 4.69) is 27.0 Å². The van der Waals surface area contributed by atoms with Crippen molar-refractivity contribution in [3.05, 3.63) is 60.0 Å². The number of nitrogens with zero attached hydrogens (tertiary/aromatic N) is 3. The molecule has 0 aliphatic rings. The molecule has 1 N–H and O–H groups in total. The molecule has 0 saturated heterocycles. The summed E-state index contributed by atoms with van der Waals surface area (Å²) in [5.41, 5.74) is 1.06. The van der Waals surface area contributed by atoms with E-state index in [0.29, 0.717) is 17.5 Å². The van der Waals surface area contributed by atoms with Crippen LogP contribution in [0.25, 0.3) is 11.4 Å². The van der Waals surface area contributed by atoms with Crippen LogP contribution in [0, 0.1) is 0 Å². The SMILES string of the molecule is C=CCNc1nc(C(=O)OCc2nc(-c3ccccc3)no2)cs1. The maximum absolute atomic E-state index is 12.0. The molecular formula is C16H14N4O3S. The first-order valence-corrected chi connectivity index (χ1v) is 7.99. The average Bonchev–Trinajstić information content (AvgIpc) is 3.28. The Morgan fingerprint density at radius 1 is 1.33 bits per heavy atom. The first-order valence-electron chi connectivity index (χ1n) is 7.11. The lowest BCUT2D eigenvalue weighted by atomic mass is 10.2. The van der Waals surface area contributed by atoms with Crippen molar-refractivity contribution in [3.8, 4) is 11.4 Å². The predicted octanol–water partition coefficient (Wildman–Crippen LogP) is 3.15. The van der Waals surface area contributed by atoms with Gasteiger partial charge in [-0.15, -0.1) is 17.9 Å². The molecule has 2 aromatic heterocycles. The highest BCUT2D eigenvalue weighted by Gasteiger charge is 2.15. The Balaban J connectivity index is 1.57. The largest absolute Gasteiger partial charge is 0.451 e. The summed E-state index contributed by atoms with van der Waals surface area (Å²) in [6.45, 7) is 4.07. The number of aromatic nitrogens is 3. The van der Waals surface area contributed by atoms with Gasteiger partial charge in [0.15, 0.2) is 17.4 Å². The van der Waals surface area contributed by atoms with Gasteiger partial charge in [-0.1, -0.05) is 41.6 Å². The molecule has 1 aromatic carbocycles. The fourth-order valence-electron chi connectivity index (χ4n) is 1.83. The van der Waals surface area contributed by atoms with Crippen molar-refractivity contribution in [2.24, 2.45) is 0 Å². The van der Waals surface area contributed by atoms with Gasteiger partial charge in [0.05, 0.1) is 0 Å². The lowest BCUT2D eigenvalue weighted by Gasteiger charge is -1.98. The topological polar surface area (TPSA) is 90.1 Å². The van der Waals surface area contributed by atoms with Gasteiger partial charge in [0, 0.05) is 17.5 Å². The van der Waals surface area contributed by atoms with Gasteiger partial charge >= 0.3 is 5.97 Å². The summed E-state index contributed by atoms with van der Waals surface area (Å²) in [5, 5.41) is 9.12. The summed E-state index contributed by atoms with van der Waals surface area (Å²) in [6.07, 6.45) is 1.71. The molecule has 24 heavy (non-hydrogen) atoms. The molecule has 2 heterocycles. The molecule has 0 saturated carbocycles. The Morgan fingerprint density at radius 2 is 2.17 bits per heavy atom. The molecule has 0 aliphatic heterocycles. The molecule has 0 spiro atoms. The van der Waals surface area contributed by atoms with Gasteiger partial charge in [0.2, 0.25) is 5.82 Å². The quantitative estimate of drug-likeness (QED) is 0.521. The first-order chi connectivity index (χ1) is 11.8. The zero-order valence-electron chi connectivity index (χ0n) is 12.6. The monoisotopic (exact) mass is 342 g/mol. The van der Waals surface area contributed by atoms with Crippen molar-refractivity contribution in [2.45, 2.75) is 6.61 Å². The zero-order chi connectivity index (χ0) is 16.8. The van der Waals surface area contributed by atoms with E-state index in [9.17, 15) is 4.79 Å². The minimum atomic E-state index is -0.544. The zero-order valence-corrected chi connectivity index (χ0v) is 13.5. The summed E-state index contributed by atoms with van der Waals surface area (Å²) in [7, 11) is 0. The number of hydrogen-bond donors (Lipinski definition) is 1. The van der Waals surface area contributed by atoms with E-state index < -0.39 is 5.97 Å². The second-order valence-corrected chi connectivity index (χ2v) is 5.52. The maximum Gasteiger partial charge on any atom is 0.358 e. The number of thiazole rings is 1. The Hall–Kier alpha value is -3.00. The van der Waals surface area contributed by atoms with Crippen LogP contribution in [0.5, 0.6) is 0 Å². The number of anilines is 1. The van der Waals surface area contributed by atoms with E-state index in [1.165, 1.54) is 11.3 Å². The van der Waals surface area contributed by atoms with Crippen LogP contribution in [-0.4, -0.2) is 27.6 Å². The minimum absolute atomic E-state index is 0.106. The Morgan fingerprint density at radius 3 is 2.96 bits per heavy atom. The number of rotatable bonds is 7. The van der Waals surface area contributed by atoms with Crippen molar-refractivity contribution in [1.29, 1.82) is 0 Å². The molecule has 122 valence electrons. The Labute approximate surface area is 142 Å². The number of carbonyl (C=O) groups excluding carboxylic acids is 1. The third-order valence-corrected chi connectivity index (χ3v) is 3.74. The van der Waals surface area contributed by atoms with E-state index >= 15 is 0 Å². The van der Waals surface area contributed by atoms with Crippen LogP contribution in [-0.2, 0) is 11.3 Å². The molecule has 0 bridgehead atoms. The van der Waals surface area contributed by atoms with Crippen LogP contribution in [0.1, 0.15) is 16.4 Å². The molecule has 0 radical (unpaired) electrons. The van der Waals surface area contributed by atoms with Crippen molar-refractivity contribution >= 4 is 22.4 Å². The fourth-order valence-corrected chi connectivity index (χ4v) is 2.52. The Kier molecular flexibility index (Phi) is 4.97. The minimum Gasteiger partial charge on any atom is -0.451 e. The highest BCUT2D eigenvalue weighted by Crippen LogP contribution is 2.17. The van der Waals surface area contributed by atoms with Crippen molar-refractivity contribution in [3.63, 3.8) is 0 Å². The standard InChI is InChI=1S/C16H14N4O3S/c1-2-8-17-16-18-12(10-24-16)15(21)22-9-13-19-14(20-23-13)11-6-4-3-5-7-11/h2-7,10H,1,8-9H2,(H,17,18). The van der Waals surface area contributed by atoms with Gasteiger partial charge in [-0.3, -0.25) is 0 Å².